The Morgan fingerprint density at radius 1 is 1.07 bits per heavy atom. The fourth-order valence-corrected chi connectivity index (χ4v) is 4.68. The summed E-state index contributed by atoms with van der Waals surface area (Å²) in [4.78, 5) is 6.26. The van der Waals surface area contributed by atoms with Crippen LogP contribution in [0.25, 0.3) is 10.9 Å². The zero-order valence-electron chi connectivity index (χ0n) is 17.7. The number of fused-ring (bicyclic) bond motifs is 1. The molecule has 0 saturated carbocycles. The molecule has 2 aromatic carbocycles. The molecule has 2 heterocycles. The van der Waals surface area contributed by atoms with Crippen molar-refractivity contribution >= 4 is 10.9 Å². The van der Waals surface area contributed by atoms with Crippen LogP contribution in [0.1, 0.15) is 43.9 Å². The number of piperidine rings is 1. The number of nitrogens with one attached hydrogen (secondary N) is 1. The molecule has 0 radical (unpaired) electrons. The summed E-state index contributed by atoms with van der Waals surface area (Å²) in [5, 5.41) is 1.28. The largest absolute Gasteiger partial charge is 0.494 e. The van der Waals surface area contributed by atoms with Crippen molar-refractivity contribution in [2.24, 2.45) is 5.92 Å². The summed E-state index contributed by atoms with van der Waals surface area (Å²) in [6.45, 7) is 6.51. The number of likely N-dealkylation sites (tertiary alicyclic amines) is 1. The first-order chi connectivity index (χ1) is 14.3. The van der Waals surface area contributed by atoms with Crippen LogP contribution in [0.3, 0.4) is 0 Å². The van der Waals surface area contributed by atoms with Crippen LogP contribution < -0.4 is 4.74 Å². The molecule has 3 heteroatoms. The predicted molar refractivity (Wildman–Crippen MR) is 122 cm³/mol. The van der Waals surface area contributed by atoms with Gasteiger partial charge in [-0.3, -0.25) is 0 Å². The minimum atomic E-state index is 0.710. The highest BCUT2D eigenvalue weighted by Gasteiger charge is 2.19. The van der Waals surface area contributed by atoms with E-state index in [1.807, 2.05) is 6.92 Å². The Labute approximate surface area is 175 Å². The van der Waals surface area contributed by atoms with E-state index in [1.165, 1.54) is 73.9 Å². The molecule has 1 aromatic heterocycles. The summed E-state index contributed by atoms with van der Waals surface area (Å²) in [5.74, 6) is 1.77. The van der Waals surface area contributed by atoms with Gasteiger partial charge in [0.05, 0.1) is 6.61 Å². The van der Waals surface area contributed by atoms with Crippen LogP contribution in [0.15, 0.2) is 54.6 Å². The van der Waals surface area contributed by atoms with E-state index in [4.69, 9.17) is 4.74 Å². The van der Waals surface area contributed by atoms with Gasteiger partial charge in [-0.05, 0) is 93.6 Å². The summed E-state index contributed by atoms with van der Waals surface area (Å²) >= 11 is 0. The van der Waals surface area contributed by atoms with E-state index in [0.29, 0.717) is 6.61 Å². The van der Waals surface area contributed by atoms with Gasteiger partial charge in [0.15, 0.2) is 0 Å². The Morgan fingerprint density at radius 3 is 2.83 bits per heavy atom. The number of nitrogens with zero attached hydrogens (tertiary/aromatic N) is 1. The third kappa shape index (κ3) is 5.63. The Hall–Kier alpha value is -2.26. The van der Waals surface area contributed by atoms with E-state index < -0.39 is 0 Å². The molecule has 1 atom stereocenters. The average molecular weight is 391 g/mol. The lowest BCUT2D eigenvalue weighted by atomic mass is 9.91. The van der Waals surface area contributed by atoms with Crippen molar-refractivity contribution in [3.05, 3.63) is 65.9 Å². The number of benzene rings is 2. The number of H-pyrrole nitrogens is 1. The molecular weight excluding hydrogens is 356 g/mol. The van der Waals surface area contributed by atoms with Crippen LogP contribution in [-0.4, -0.2) is 36.1 Å². The van der Waals surface area contributed by atoms with E-state index >= 15 is 0 Å². The summed E-state index contributed by atoms with van der Waals surface area (Å²) in [6, 6.07) is 19.6. The normalized spacial score (nSPS) is 17.6. The Kier molecular flexibility index (Phi) is 6.89. The van der Waals surface area contributed by atoms with E-state index in [9.17, 15) is 0 Å². The molecule has 3 aromatic rings. The second-order valence-electron chi connectivity index (χ2n) is 8.43. The van der Waals surface area contributed by atoms with Gasteiger partial charge >= 0.3 is 0 Å². The molecule has 0 aliphatic carbocycles. The van der Waals surface area contributed by atoms with Crippen molar-refractivity contribution in [1.29, 1.82) is 0 Å². The molecule has 1 saturated heterocycles. The fourth-order valence-electron chi connectivity index (χ4n) is 4.68. The molecule has 0 amide bonds. The lowest BCUT2D eigenvalue weighted by Gasteiger charge is -2.32. The van der Waals surface area contributed by atoms with Gasteiger partial charge in [-0.2, -0.15) is 0 Å². The Morgan fingerprint density at radius 2 is 1.97 bits per heavy atom. The minimum absolute atomic E-state index is 0.710. The number of hydrogen-bond acceptors (Lipinski definition) is 2. The molecule has 0 spiro atoms. The van der Waals surface area contributed by atoms with Crippen LogP contribution >= 0.6 is 0 Å². The van der Waals surface area contributed by atoms with E-state index in [2.05, 4.69) is 64.5 Å². The van der Waals surface area contributed by atoms with E-state index in [0.717, 1.165) is 18.1 Å². The maximum Gasteiger partial charge on any atom is 0.121 e. The molecule has 4 rings (SSSR count). The first-order valence-corrected chi connectivity index (χ1v) is 11.3. The molecule has 1 fully saturated rings. The van der Waals surface area contributed by atoms with Gasteiger partial charge in [0.2, 0.25) is 0 Å². The zero-order valence-corrected chi connectivity index (χ0v) is 17.7. The van der Waals surface area contributed by atoms with Crippen molar-refractivity contribution < 1.29 is 4.74 Å². The summed E-state index contributed by atoms with van der Waals surface area (Å²) in [7, 11) is 0. The van der Waals surface area contributed by atoms with Crippen LogP contribution in [0.2, 0.25) is 0 Å². The van der Waals surface area contributed by atoms with Gasteiger partial charge in [0.25, 0.3) is 0 Å². The topological polar surface area (TPSA) is 28.3 Å². The van der Waals surface area contributed by atoms with Crippen molar-refractivity contribution in [1.82, 2.24) is 9.88 Å². The Bertz CT molecular complexity index is 886. The van der Waals surface area contributed by atoms with E-state index in [-0.39, 0.29) is 0 Å². The number of rotatable bonds is 9. The number of aryl methyl sites for hydroxylation is 1. The highest BCUT2D eigenvalue weighted by Crippen LogP contribution is 2.23. The zero-order chi connectivity index (χ0) is 19.9. The van der Waals surface area contributed by atoms with Gasteiger partial charge in [0, 0.05) is 23.8 Å². The van der Waals surface area contributed by atoms with Gasteiger partial charge < -0.3 is 14.6 Å². The number of ether oxygens (including phenoxy) is 1. The second kappa shape index (κ2) is 9.98. The predicted octanol–water partition coefficient (Wildman–Crippen LogP) is 5.84. The van der Waals surface area contributed by atoms with Crippen molar-refractivity contribution in [3.8, 4) is 5.75 Å². The molecule has 1 aliphatic heterocycles. The van der Waals surface area contributed by atoms with Crippen molar-refractivity contribution in [3.63, 3.8) is 0 Å². The fraction of sp³-hybridized carbons (Fsp3) is 0.462. The van der Waals surface area contributed by atoms with Crippen LogP contribution in [0.4, 0.5) is 0 Å². The maximum absolute atomic E-state index is 5.61. The second-order valence-corrected chi connectivity index (χ2v) is 8.43. The summed E-state index contributed by atoms with van der Waals surface area (Å²) in [6.07, 6.45) is 7.60. The highest BCUT2D eigenvalue weighted by atomic mass is 16.5. The Balaban J connectivity index is 1.21. The number of hydrogen-bond donors (Lipinski definition) is 1. The molecule has 1 aliphatic rings. The minimum Gasteiger partial charge on any atom is -0.494 e. The first kappa shape index (κ1) is 20.0. The number of aromatic amines is 1. The van der Waals surface area contributed by atoms with Crippen LogP contribution in [-0.2, 0) is 12.8 Å². The van der Waals surface area contributed by atoms with E-state index in [1.54, 1.807) is 0 Å². The lowest BCUT2D eigenvalue weighted by molar-refractivity contribution is 0.171. The smallest absolute Gasteiger partial charge is 0.121 e. The monoisotopic (exact) mass is 390 g/mol. The molecular formula is C26H34N2O. The average Bonchev–Trinajstić information content (AvgIpc) is 3.15. The molecule has 29 heavy (non-hydrogen) atoms. The van der Waals surface area contributed by atoms with Crippen LogP contribution in [0.5, 0.6) is 5.75 Å². The van der Waals surface area contributed by atoms with Crippen LogP contribution in [0, 0.1) is 5.92 Å². The highest BCUT2D eigenvalue weighted by molar-refractivity contribution is 5.81. The molecule has 0 bridgehead atoms. The maximum atomic E-state index is 5.61. The summed E-state index contributed by atoms with van der Waals surface area (Å²) < 4.78 is 5.61. The van der Waals surface area contributed by atoms with Gasteiger partial charge in [-0.25, -0.2) is 0 Å². The van der Waals surface area contributed by atoms with Gasteiger partial charge in [0.1, 0.15) is 5.75 Å². The standard InChI is InChI=1S/C26H34N2O/c1-2-29-25-14-13-23-18-24(27-26(23)19-25)12-6-7-15-28-16-8-11-22(20-28)17-21-9-4-3-5-10-21/h3-5,9-10,13-14,18-19,22,27H,2,6-8,11-12,15-17,20H2,1H3. The quantitative estimate of drug-likeness (QED) is 0.465. The third-order valence-corrected chi connectivity index (χ3v) is 6.10. The lowest BCUT2D eigenvalue weighted by Crippen LogP contribution is -2.36. The van der Waals surface area contributed by atoms with Crippen molar-refractivity contribution in [2.75, 3.05) is 26.2 Å². The number of unbranched alkanes of at least 4 members (excludes halogenated alkanes) is 1. The molecule has 154 valence electrons. The molecule has 1 N–H and O–H groups in total. The van der Waals surface area contributed by atoms with Gasteiger partial charge in [-0.1, -0.05) is 30.3 Å². The number of aromatic nitrogens is 1. The first-order valence-electron chi connectivity index (χ1n) is 11.3. The molecule has 1 unspecified atom stereocenters. The van der Waals surface area contributed by atoms with Crippen molar-refractivity contribution in [2.45, 2.75) is 45.4 Å². The molecule has 3 nitrogen and oxygen atoms in total. The SMILES string of the molecule is CCOc1ccc2cc(CCCCN3CCCC(Cc4ccccc4)C3)[nH]c2c1. The third-order valence-electron chi connectivity index (χ3n) is 6.10. The van der Waals surface area contributed by atoms with Gasteiger partial charge in [-0.15, -0.1) is 0 Å². The summed E-state index contributed by atoms with van der Waals surface area (Å²) in [5.41, 5.74) is 4.02.